The summed E-state index contributed by atoms with van der Waals surface area (Å²) in [6, 6.07) is 1.79. The van der Waals surface area contributed by atoms with Gasteiger partial charge in [-0.05, 0) is 22.0 Å². The summed E-state index contributed by atoms with van der Waals surface area (Å²) < 4.78 is 5.96. The molecule has 0 aliphatic rings. The van der Waals surface area contributed by atoms with Crippen molar-refractivity contribution in [3.8, 4) is 0 Å². The van der Waals surface area contributed by atoms with Crippen molar-refractivity contribution in [2.24, 2.45) is 5.10 Å². The molecule has 0 atom stereocenters. The minimum absolute atomic E-state index is 0.649. The Morgan fingerprint density at radius 1 is 1.62 bits per heavy atom. The van der Waals surface area contributed by atoms with Crippen LogP contribution in [0.15, 0.2) is 39.0 Å². The van der Waals surface area contributed by atoms with E-state index in [0.29, 0.717) is 5.76 Å². The predicted octanol–water partition coefficient (Wildman–Crippen LogP) is 1.52. The quantitative estimate of drug-likeness (QED) is 0.749. The molecular weight excluding hydrogens is 236 g/mol. The topological polar surface area (TPSA) is 56.2 Å². The van der Waals surface area contributed by atoms with E-state index in [0.717, 1.165) is 4.47 Å². The third-order valence-corrected chi connectivity index (χ3v) is 2.00. The average Bonchev–Trinajstić information content (AvgIpc) is 2.72. The maximum Gasteiger partial charge on any atom is 0.160 e. The molecule has 6 heteroatoms. The van der Waals surface area contributed by atoms with Gasteiger partial charge in [0.05, 0.1) is 17.0 Å². The maximum atomic E-state index is 5.10. The first-order chi connectivity index (χ1) is 6.36. The molecule has 0 saturated carbocycles. The monoisotopic (exact) mass is 240 g/mol. The molecule has 0 aliphatic heterocycles. The number of furan rings is 1. The van der Waals surface area contributed by atoms with E-state index in [2.05, 4.69) is 31.1 Å². The van der Waals surface area contributed by atoms with Crippen LogP contribution in [0.1, 0.15) is 5.76 Å². The molecule has 2 aromatic rings. The minimum atomic E-state index is 0.649. The molecule has 2 rings (SSSR count). The van der Waals surface area contributed by atoms with E-state index in [1.807, 2.05) is 0 Å². The van der Waals surface area contributed by atoms with Crippen molar-refractivity contribution in [2.75, 3.05) is 0 Å². The summed E-state index contributed by atoms with van der Waals surface area (Å²) in [7, 11) is 0. The summed E-state index contributed by atoms with van der Waals surface area (Å²) in [5.74, 6) is 0.649. The SMILES string of the molecule is Brc1ccoc1/C=N/n1cncn1. The number of nitrogens with zero attached hydrogens (tertiary/aromatic N) is 4. The smallest absolute Gasteiger partial charge is 0.160 e. The highest BCUT2D eigenvalue weighted by atomic mass is 79.9. The van der Waals surface area contributed by atoms with Gasteiger partial charge < -0.3 is 4.42 Å². The van der Waals surface area contributed by atoms with E-state index in [-0.39, 0.29) is 0 Å². The first-order valence-electron chi connectivity index (χ1n) is 3.48. The second-order valence-electron chi connectivity index (χ2n) is 2.19. The second-order valence-corrected chi connectivity index (χ2v) is 3.05. The summed E-state index contributed by atoms with van der Waals surface area (Å²) in [4.78, 5) is 5.08. The Labute approximate surface area is 82.2 Å². The molecule has 0 aromatic carbocycles. The van der Waals surface area contributed by atoms with Crippen LogP contribution in [0.3, 0.4) is 0 Å². The van der Waals surface area contributed by atoms with Crippen molar-refractivity contribution >= 4 is 22.1 Å². The fourth-order valence-electron chi connectivity index (χ4n) is 0.771. The Morgan fingerprint density at radius 3 is 3.15 bits per heavy atom. The molecule has 0 unspecified atom stereocenters. The maximum absolute atomic E-state index is 5.10. The molecule has 0 radical (unpaired) electrons. The predicted molar refractivity (Wildman–Crippen MR) is 49.4 cm³/mol. The lowest BCUT2D eigenvalue weighted by Gasteiger charge is -1.87. The molecule has 2 aromatic heterocycles. The van der Waals surface area contributed by atoms with Crippen LogP contribution in [-0.2, 0) is 0 Å². The highest BCUT2D eigenvalue weighted by Gasteiger charge is 1.98. The van der Waals surface area contributed by atoms with Gasteiger partial charge in [0.2, 0.25) is 0 Å². The number of hydrogen-bond donors (Lipinski definition) is 0. The largest absolute Gasteiger partial charge is 0.462 e. The summed E-state index contributed by atoms with van der Waals surface area (Å²) >= 11 is 3.30. The van der Waals surface area contributed by atoms with E-state index in [9.17, 15) is 0 Å². The van der Waals surface area contributed by atoms with Crippen molar-refractivity contribution in [2.45, 2.75) is 0 Å². The van der Waals surface area contributed by atoms with Gasteiger partial charge in [-0.15, -0.1) is 9.89 Å². The zero-order valence-corrected chi connectivity index (χ0v) is 8.05. The molecule has 0 saturated heterocycles. The van der Waals surface area contributed by atoms with Gasteiger partial charge in [0, 0.05) is 0 Å². The molecule has 0 aliphatic carbocycles. The van der Waals surface area contributed by atoms with E-state index >= 15 is 0 Å². The zero-order chi connectivity index (χ0) is 9.10. The molecule has 0 fully saturated rings. The molecule has 66 valence electrons. The highest BCUT2D eigenvalue weighted by molar-refractivity contribution is 9.10. The summed E-state index contributed by atoms with van der Waals surface area (Å²) in [5, 5.41) is 7.76. The van der Waals surface area contributed by atoms with Crippen LogP contribution < -0.4 is 0 Å². The summed E-state index contributed by atoms with van der Waals surface area (Å²) in [5.41, 5.74) is 0. The molecule has 5 nitrogen and oxygen atoms in total. The van der Waals surface area contributed by atoms with E-state index in [4.69, 9.17) is 4.42 Å². The van der Waals surface area contributed by atoms with Crippen LogP contribution in [0.5, 0.6) is 0 Å². The van der Waals surface area contributed by atoms with E-state index in [1.54, 1.807) is 18.5 Å². The summed E-state index contributed by atoms with van der Waals surface area (Å²) in [6.45, 7) is 0. The molecule has 0 bridgehead atoms. The van der Waals surface area contributed by atoms with Crippen LogP contribution in [0.25, 0.3) is 0 Å². The number of aromatic nitrogens is 3. The van der Waals surface area contributed by atoms with Crippen molar-refractivity contribution in [1.29, 1.82) is 0 Å². The fraction of sp³-hybridized carbons (Fsp3) is 0. The molecule has 0 N–H and O–H groups in total. The molecule has 13 heavy (non-hydrogen) atoms. The van der Waals surface area contributed by atoms with Gasteiger partial charge in [0.25, 0.3) is 0 Å². The Bertz CT molecular complexity index is 406. The molecule has 0 spiro atoms. The standard InChI is InChI=1S/C7H5BrN4O/c8-6-1-2-13-7(6)3-10-12-5-9-4-11-12/h1-5H/b10-3+. The van der Waals surface area contributed by atoms with Crippen LogP contribution in [0, 0.1) is 0 Å². The number of hydrogen-bond acceptors (Lipinski definition) is 4. The van der Waals surface area contributed by atoms with E-state index in [1.165, 1.54) is 17.4 Å². The lowest BCUT2D eigenvalue weighted by molar-refractivity contribution is 0.557. The third kappa shape index (κ3) is 1.83. The van der Waals surface area contributed by atoms with Gasteiger partial charge in [0.1, 0.15) is 12.7 Å². The van der Waals surface area contributed by atoms with Crippen LogP contribution in [0.2, 0.25) is 0 Å². The Hall–Kier alpha value is -1.43. The van der Waals surface area contributed by atoms with Crippen molar-refractivity contribution in [3.63, 3.8) is 0 Å². The minimum Gasteiger partial charge on any atom is -0.462 e. The Kier molecular flexibility index (Phi) is 2.22. The Balaban J connectivity index is 2.19. The van der Waals surface area contributed by atoms with Gasteiger partial charge >= 0.3 is 0 Å². The van der Waals surface area contributed by atoms with Crippen molar-refractivity contribution in [3.05, 3.63) is 35.2 Å². The zero-order valence-electron chi connectivity index (χ0n) is 6.46. The molecular formula is C7H5BrN4O. The highest BCUT2D eigenvalue weighted by Crippen LogP contribution is 2.14. The second kappa shape index (κ2) is 3.53. The van der Waals surface area contributed by atoms with Crippen LogP contribution in [-0.4, -0.2) is 21.1 Å². The van der Waals surface area contributed by atoms with E-state index < -0.39 is 0 Å². The normalized spacial score (nSPS) is 11.2. The van der Waals surface area contributed by atoms with Crippen molar-refractivity contribution < 1.29 is 4.42 Å². The number of rotatable bonds is 2. The Morgan fingerprint density at radius 2 is 2.54 bits per heavy atom. The van der Waals surface area contributed by atoms with Gasteiger partial charge in [-0.1, -0.05) is 0 Å². The third-order valence-electron chi connectivity index (χ3n) is 1.34. The first kappa shape index (κ1) is 8.18. The first-order valence-corrected chi connectivity index (χ1v) is 4.27. The van der Waals surface area contributed by atoms with Gasteiger partial charge in [-0.25, -0.2) is 4.98 Å². The van der Waals surface area contributed by atoms with Gasteiger partial charge in [0.15, 0.2) is 5.76 Å². The summed E-state index contributed by atoms with van der Waals surface area (Å²) in [6.07, 6.45) is 6.04. The van der Waals surface area contributed by atoms with Crippen LogP contribution in [0.4, 0.5) is 0 Å². The van der Waals surface area contributed by atoms with Gasteiger partial charge in [-0.3, -0.25) is 0 Å². The van der Waals surface area contributed by atoms with Crippen molar-refractivity contribution in [1.82, 2.24) is 14.9 Å². The fourth-order valence-corrected chi connectivity index (χ4v) is 1.07. The van der Waals surface area contributed by atoms with Gasteiger partial charge in [-0.2, -0.15) is 5.10 Å². The lowest BCUT2D eigenvalue weighted by Crippen LogP contribution is -1.89. The molecule has 0 amide bonds. The molecule has 2 heterocycles. The lowest BCUT2D eigenvalue weighted by atomic mass is 10.5. The van der Waals surface area contributed by atoms with Crippen LogP contribution >= 0.6 is 15.9 Å². The number of halogens is 1. The average molecular weight is 241 g/mol.